The van der Waals surface area contributed by atoms with Crippen molar-refractivity contribution in [1.82, 2.24) is 19.8 Å². The van der Waals surface area contributed by atoms with E-state index in [1.165, 1.54) is 38.4 Å². The van der Waals surface area contributed by atoms with Crippen molar-refractivity contribution >= 4 is 39.3 Å². The third-order valence-corrected chi connectivity index (χ3v) is 6.78. The highest BCUT2D eigenvalue weighted by atomic mass is 32.2. The van der Waals surface area contributed by atoms with Gasteiger partial charge in [0, 0.05) is 25.3 Å². The SMILES string of the molecule is CN(C)S(=O)(=O)c1ccc(C(=O)NCc2nnc(SCC(=O)Nc3ccccc3)o2)cc1. The van der Waals surface area contributed by atoms with Crippen LogP contribution in [0.3, 0.4) is 0 Å². The summed E-state index contributed by atoms with van der Waals surface area (Å²) < 4.78 is 30.7. The average Bonchev–Trinajstić information content (AvgIpc) is 3.24. The Kier molecular flexibility index (Phi) is 7.62. The van der Waals surface area contributed by atoms with Crippen LogP contribution < -0.4 is 10.6 Å². The molecule has 0 atom stereocenters. The van der Waals surface area contributed by atoms with E-state index in [-0.39, 0.29) is 39.8 Å². The van der Waals surface area contributed by atoms with Gasteiger partial charge in [-0.25, -0.2) is 12.7 Å². The minimum absolute atomic E-state index is 0.0135. The van der Waals surface area contributed by atoms with Gasteiger partial charge in [-0.2, -0.15) is 0 Å². The Morgan fingerprint density at radius 2 is 1.72 bits per heavy atom. The Hall–Kier alpha value is -3.22. The van der Waals surface area contributed by atoms with E-state index < -0.39 is 15.9 Å². The molecule has 168 valence electrons. The molecule has 0 aliphatic carbocycles. The number of sulfonamides is 1. The molecule has 0 unspecified atom stereocenters. The molecule has 0 radical (unpaired) electrons. The lowest BCUT2D eigenvalue weighted by Crippen LogP contribution is -2.24. The molecule has 0 saturated heterocycles. The quantitative estimate of drug-likeness (QED) is 0.449. The van der Waals surface area contributed by atoms with Gasteiger partial charge in [0.25, 0.3) is 11.1 Å². The molecule has 2 amide bonds. The molecule has 0 saturated carbocycles. The van der Waals surface area contributed by atoms with Crippen LogP contribution in [0.15, 0.2) is 69.1 Å². The van der Waals surface area contributed by atoms with Crippen molar-refractivity contribution in [2.75, 3.05) is 25.2 Å². The first kappa shape index (κ1) is 23.4. The Balaban J connectivity index is 1.48. The van der Waals surface area contributed by atoms with E-state index in [1.54, 1.807) is 12.1 Å². The predicted octanol–water partition coefficient (Wildman–Crippen LogP) is 1.98. The second kappa shape index (κ2) is 10.4. The number of carbonyl (C=O) groups excluding carboxylic acids is 2. The van der Waals surface area contributed by atoms with Crippen molar-refractivity contribution in [3.8, 4) is 0 Å². The molecular weight excluding hydrogens is 454 g/mol. The zero-order valence-electron chi connectivity index (χ0n) is 17.3. The maximum atomic E-state index is 12.3. The van der Waals surface area contributed by atoms with Crippen LogP contribution in [0, 0.1) is 0 Å². The van der Waals surface area contributed by atoms with Gasteiger partial charge in [-0.1, -0.05) is 30.0 Å². The molecular formula is C20H21N5O5S2. The Bertz CT molecular complexity index is 1180. The van der Waals surface area contributed by atoms with Crippen LogP contribution in [-0.2, 0) is 21.4 Å². The Morgan fingerprint density at radius 1 is 1.03 bits per heavy atom. The Labute approximate surface area is 189 Å². The number of nitrogens with zero attached hydrogens (tertiary/aromatic N) is 3. The van der Waals surface area contributed by atoms with Gasteiger partial charge in [0.05, 0.1) is 17.2 Å². The maximum absolute atomic E-state index is 12.3. The van der Waals surface area contributed by atoms with E-state index in [9.17, 15) is 18.0 Å². The van der Waals surface area contributed by atoms with Gasteiger partial charge in [-0.3, -0.25) is 9.59 Å². The lowest BCUT2D eigenvalue weighted by molar-refractivity contribution is -0.113. The number of carbonyl (C=O) groups is 2. The molecule has 12 heteroatoms. The average molecular weight is 476 g/mol. The number of rotatable bonds is 9. The number of benzene rings is 2. The summed E-state index contributed by atoms with van der Waals surface area (Å²) in [5.74, 6) is -0.371. The van der Waals surface area contributed by atoms with Crippen molar-refractivity contribution in [2.45, 2.75) is 16.7 Å². The van der Waals surface area contributed by atoms with Crippen LogP contribution in [0.2, 0.25) is 0 Å². The number of anilines is 1. The highest BCUT2D eigenvalue weighted by Crippen LogP contribution is 2.17. The van der Waals surface area contributed by atoms with Gasteiger partial charge in [-0.05, 0) is 36.4 Å². The highest BCUT2D eigenvalue weighted by Gasteiger charge is 2.18. The normalized spacial score (nSPS) is 11.3. The smallest absolute Gasteiger partial charge is 0.277 e. The van der Waals surface area contributed by atoms with Crippen molar-refractivity contribution in [3.63, 3.8) is 0 Å². The van der Waals surface area contributed by atoms with Crippen molar-refractivity contribution in [2.24, 2.45) is 0 Å². The molecule has 10 nitrogen and oxygen atoms in total. The lowest BCUT2D eigenvalue weighted by atomic mass is 10.2. The summed E-state index contributed by atoms with van der Waals surface area (Å²) in [4.78, 5) is 24.3. The summed E-state index contributed by atoms with van der Waals surface area (Å²) in [6, 6.07) is 14.6. The third kappa shape index (κ3) is 6.15. The zero-order chi connectivity index (χ0) is 23.1. The lowest BCUT2D eigenvalue weighted by Gasteiger charge is -2.11. The number of amides is 2. The summed E-state index contributed by atoms with van der Waals surface area (Å²) in [7, 11) is -0.698. The largest absolute Gasteiger partial charge is 0.414 e. The topological polar surface area (TPSA) is 134 Å². The van der Waals surface area contributed by atoms with Gasteiger partial charge >= 0.3 is 0 Å². The second-order valence-electron chi connectivity index (χ2n) is 6.66. The molecule has 0 spiro atoms. The van der Waals surface area contributed by atoms with E-state index >= 15 is 0 Å². The maximum Gasteiger partial charge on any atom is 0.277 e. The standard InChI is InChI=1S/C20H21N5O5S2/c1-25(2)32(28,29)16-10-8-14(9-11-16)19(27)21-12-18-23-24-20(30-18)31-13-17(26)22-15-6-4-3-5-7-15/h3-11H,12-13H2,1-2H3,(H,21,27)(H,22,26). The first-order valence-corrected chi connectivity index (χ1v) is 11.8. The Morgan fingerprint density at radius 3 is 2.38 bits per heavy atom. The van der Waals surface area contributed by atoms with Gasteiger partial charge < -0.3 is 15.1 Å². The number of nitrogens with one attached hydrogen (secondary N) is 2. The van der Waals surface area contributed by atoms with E-state index in [0.29, 0.717) is 5.69 Å². The first-order valence-electron chi connectivity index (χ1n) is 9.36. The van der Waals surface area contributed by atoms with Crippen LogP contribution in [0.25, 0.3) is 0 Å². The predicted molar refractivity (Wildman–Crippen MR) is 119 cm³/mol. The van der Waals surface area contributed by atoms with Crippen LogP contribution in [0.5, 0.6) is 0 Å². The molecule has 32 heavy (non-hydrogen) atoms. The molecule has 0 aliphatic heterocycles. The minimum Gasteiger partial charge on any atom is -0.414 e. The van der Waals surface area contributed by atoms with Crippen LogP contribution in [0.4, 0.5) is 5.69 Å². The second-order valence-corrected chi connectivity index (χ2v) is 9.74. The first-order chi connectivity index (χ1) is 15.3. The van der Waals surface area contributed by atoms with E-state index in [2.05, 4.69) is 20.8 Å². The van der Waals surface area contributed by atoms with Crippen molar-refractivity contribution < 1.29 is 22.4 Å². The zero-order valence-corrected chi connectivity index (χ0v) is 18.9. The summed E-state index contributed by atoms with van der Waals surface area (Å²) in [5.41, 5.74) is 0.980. The number of hydrogen-bond donors (Lipinski definition) is 2. The molecule has 3 rings (SSSR count). The molecule has 0 aliphatic rings. The van der Waals surface area contributed by atoms with Gasteiger partial charge in [0.2, 0.25) is 21.8 Å². The van der Waals surface area contributed by atoms with E-state index in [1.807, 2.05) is 18.2 Å². The summed E-state index contributed by atoms with van der Waals surface area (Å²) in [6.07, 6.45) is 0. The van der Waals surface area contributed by atoms with Crippen molar-refractivity contribution in [3.05, 3.63) is 66.1 Å². The van der Waals surface area contributed by atoms with E-state index in [4.69, 9.17) is 4.42 Å². The molecule has 0 fully saturated rings. The van der Waals surface area contributed by atoms with E-state index in [0.717, 1.165) is 16.1 Å². The number of aromatic nitrogens is 2. The molecule has 1 heterocycles. The molecule has 2 aromatic carbocycles. The highest BCUT2D eigenvalue weighted by molar-refractivity contribution is 7.99. The molecule has 0 bridgehead atoms. The fourth-order valence-corrected chi connectivity index (χ4v) is 3.94. The number of thioether (sulfide) groups is 1. The molecule has 3 aromatic rings. The summed E-state index contributed by atoms with van der Waals surface area (Å²) in [5, 5.41) is 13.3. The number of hydrogen-bond acceptors (Lipinski definition) is 8. The summed E-state index contributed by atoms with van der Waals surface area (Å²) in [6.45, 7) is -0.0135. The van der Waals surface area contributed by atoms with Gasteiger partial charge in [0.1, 0.15) is 0 Å². The fraction of sp³-hybridized carbons (Fsp3) is 0.200. The van der Waals surface area contributed by atoms with Crippen LogP contribution >= 0.6 is 11.8 Å². The van der Waals surface area contributed by atoms with Gasteiger partial charge in [-0.15, -0.1) is 10.2 Å². The molecule has 2 N–H and O–H groups in total. The fourth-order valence-electron chi connectivity index (χ4n) is 2.46. The minimum atomic E-state index is -3.56. The monoisotopic (exact) mass is 475 g/mol. The van der Waals surface area contributed by atoms with Crippen LogP contribution in [-0.4, -0.2) is 54.6 Å². The third-order valence-electron chi connectivity index (χ3n) is 4.13. The van der Waals surface area contributed by atoms with Crippen molar-refractivity contribution in [1.29, 1.82) is 0 Å². The summed E-state index contributed by atoms with van der Waals surface area (Å²) >= 11 is 1.08. The molecule has 1 aromatic heterocycles. The number of para-hydroxylation sites is 1. The van der Waals surface area contributed by atoms with Gasteiger partial charge in [0.15, 0.2) is 0 Å². The van der Waals surface area contributed by atoms with Crippen LogP contribution in [0.1, 0.15) is 16.2 Å².